The first kappa shape index (κ1) is 18.0. The van der Waals surface area contributed by atoms with Crippen molar-refractivity contribution in [3.05, 3.63) is 38.0 Å². The third-order valence-corrected chi connectivity index (χ3v) is 4.48. The first-order chi connectivity index (χ1) is 10.7. The zero-order chi connectivity index (χ0) is 17.4. The van der Waals surface area contributed by atoms with Gasteiger partial charge in [0, 0.05) is 14.5 Å². The van der Waals surface area contributed by atoms with E-state index in [1.807, 2.05) is 19.1 Å². The summed E-state index contributed by atoms with van der Waals surface area (Å²) in [4.78, 5) is 24.3. The molecular formula is C16H17Br2NO4. The number of nitrogens with one attached hydrogen (secondary N) is 1. The molecule has 0 aromatic heterocycles. The molecule has 1 N–H and O–H groups in total. The third kappa shape index (κ3) is 3.61. The molecule has 0 aliphatic carbocycles. The molecule has 2 rings (SSSR count). The molecule has 5 nitrogen and oxygen atoms in total. The number of aryl methyl sites for hydroxylation is 1. The highest BCUT2D eigenvalue weighted by Crippen LogP contribution is 2.39. The van der Waals surface area contributed by atoms with Gasteiger partial charge in [-0.1, -0.05) is 31.9 Å². The number of halogens is 2. The molecule has 0 saturated heterocycles. The smallest absolute Gasteiger partial charge is 0.434 e. The molecule has 1 amide bonds. The van der Waals surface area contributed by atoms with Crippen molar-refractivity contribution in [1.29, 1.82) is 0 Å². The van der Waals surface area contributed by atoms with Crippen LogP contribution in [0.2, 0.25) is 0 Å². The molecule has 1 aliphatic heterocycles. The summed E-state index contributed by atoms with van der Waals surface area (Å²) in [5.74, 6) is -0.0347. The van der Waals surface area contributed by atoms with Crippen molar-refractivity contribution in [2.75, 3.05) is 6.61 Å². The molecule has 23 heavy (non-hydrogen) atoms. The number of carbonyl (C=O) groups is 2. The minimum Gasteiger partial charge on any atom is -0.434 e. The molecule has 1 aliphatic rings. The summed E-state index contributed by atoms with van der Waals surface area (Å²) in [7, 11) is 0. The normalized spacial score (nSPS) is 16.3. The lowest BCUT2D eigenvalue weighted by atomic mass is 9.96. The molecule has 7 heteroatoms. The Hall–Kier alpha value is -1.34. The first-order valence-electron chi connectivity index (χ1n) is 7.05. The summed E-state index contributed by atoms with van der Waals surface area (Å²) < 4.78 is 11.8. The van der Waals surface area contributed by atoms with Gasteiger partial charge in [0.05, 0.1) is 17.7 Å². The van der Waals surface area contributed by atoms with Crippen molar-refractivity contribution < 1.29 is 19.1 Å². The topological polar surface area (TPSA) is 64.6 Å². The van der Waals surface area contributed by atoms with E-state index in [4.69, 9.17) is 9.47 Å². The lowest BCUT2D eigenvalue weighted by Gasteiger charge is -2.21. The lowest BCUT2D eigenvalue weighted by molar-refractivity contribution is -0.115. The second kappa shape index (κ2) is 6.65. The van der Waals surface area contributed by atoms with E-state index in [0.29, 0.717) is 11.1 Å². The van der Waals surface area contributed by atoms with E-state index in [2.05, 4.69) is 37.2 Å². The van der Waals surface area contributed by atoms with Crippen molar-refractivity contribution in [1.82, 2.24) is 5.32 Å². The van der Waals surface area contributed by atoms with Crippen LogP contribution in [0.3, 0.4) is 0 Å². The number of benzene rings is 1. The highest BCUT2D eigenvalue weighted by molar-refractivity contribution is 9.11. The Bertz CT molecular complexity index is 687. The molecule has 0 spiro atoms. The van der Waals surface area contributed by atoms with Crippen LogP contribution in [0.4, 0.5) is 4.79 Å². The van der Waals surface area contributed by atoms with E-state index in [1.54, 1.807) is 20.8 Å². The molecule has 0 atom stereocenters. The minimum absolute atomic E-state index is 0.199. The summed E-state index contributed by atoms with van der Waals surface area (Å²) >= 11 is 6.90. The van der Waals surface area contributed by atoms with Crippen LogP contribution >= 0.6 is 31.9 Å². The largest absolute Gasteiger partial charge is 0.513 e. The number of hydrogen-bond donors (Lipinski definition) is 1. The maximum absolute atomic E-state index is 12.5. The van der Waals surface area contributed by atoms with Crippen LogP contribution in [0.15, 0.2) is 26.8 Å². The van der Waals surface area contributed by atoms with Crippen LogP contribution in [0.5, 0.6) is 0 Å². The number of rotatable bonds is 3. The van der Waals surface area contributed by atoms with Gasteiger partial charge in [-0.3, -0.25) is 4.79 Å². The number of amides is 1. The fourth-order valence-corrected chi connectivity index (χ4v) is 4.11. The van der Waals surface area contributed by atoms with Crippen molar-refractivity contribution in [2.45, 2.75) is 33.2 Å². The van der Waals surface area contributed by atoms with Gasteiger partial charge in [-0.15, -0.1) is 0 Å². The monoisotopic (exact) mass is 445 g/mol. The molecule has 1 aromatic carbocycles. The second-order valence-corrected chi connectivity index (χ2v) is 7.42. The number of hydrogen-bond acceptors (Lipinski definition) is 4. The predicted octanol–water partition coefficient (Wildman–Crippen LogP) is 4.31. The van der Waals surface area contributed by atoms with Crippen molar-refractivity contribution in [3.63, 3.8) is 0 Å². The Morgan fingerprint density at radius 1 is 1.30 bits per heavy atom. The average Bonchev–Trinajstić information content (AvgIpc) is 2.60. The molecule has 0 fully saturated rings. The molecule has 124 valence electrons. The van der Waals surface area contributed by atoms with Gasteiger partial charge in [0.1, 0.15) is 5.76 Å². The second-order valence-electron chi connectivity index (χ2n) is 5.65. The van der Waals surface area contributed by atoms with Gasteiger partial charge in [-0.2, -0.15) is 0 Å². The van der Waals surface area contributed by atoms with Crippen molar-refractivity contribution >= 4 is 49.5 Å². The number of carbonyl (C=O) groups excluding carboxylic acids is 2. The number of ether oxygens (including phenoxy) is 2. The van der Waals surface area contributed by atoms with E-state index < -0.39 is 11.7 Å². The zero-order valence-corrected chi connectivity index (χ0v) is 16.4. The van der Waals surface area contributed by atoms with Crippen LogP contribution in [-0.4, -0.2) is 24.2 Å². The summed E-state index contributed by atoms with van der Waals surface area (Å²) in [6.07, 6.45) is -0.824. The third-order valence-electron chi connectivity index (χ3n) is 3.40. The Labute approximate surface area is 151 Å². The van der Waals surface area contributed by atoms with Crippen LogP contribution in [0.25, 0.3) is 5.57 Å². The van der Waals surface area contributed by atoms with Gasteiger partial charge >= 0.3 is 6.16 Å². The van der Waals surface area contributed by atoms with Gasteiger partial charge in [-0.25, -0.2) is 4.79 Å². The van der Waals surface area contributed by atoms with Gasteiger partial charge in [-0.05, 0) is 45.4 Å². The van der Waals surface area contributed by atoms with E-state index in [-0.39, 0.29) is 18.3 Å². The maximum atomic E-state index is 12.5. The molecule has 0 saturated carbocycles. The quantitative estimate of drug-likeness (QED) is 0.702. The van der Waals surface area contributed by atoms with Gasteiger partial charge in [0.2, 0.25) is 0 Å². The van der Waals surface area contributed by atoms with E-state index >= 15 is 0 Å². The van der Waals surface area contributed by atoms with Gasteiger partial charge in [0.25, 0.3) is 5.91 Å². The fourth-order valence-electron chi connectivity index (χ4n) is 2.47. The Balaban J connectivity index is 2.63. The minimum atomic E-state index is -0.824. The maximum Gasteiger partial charge on any atom is 0.513 e. The summed E-state index contributed by atoms with van der Waals surface area (Å²) in [6.45, 7) is 7.32. The fraction of sp³-hybridized carbons (Fsp3) is 0.375. The van der Waals surface area contributed by atoms with E-state index in [1.165, 1.54) is 0 Å². The molecule has 1 heterocycles. The summed E-state index contributed by atoms with van der Waals surface area (Å²) in [6, 6.07) is 3.74. The van der Waals surface area contributed by atoms with E-state index in [9.17, 15) is 9.59 Å². The summed E-state index contributed by atoms with van der Waals surface area (Å²) in [5.41, 5.74) is 1.09. The molecule has 0 bridgehead atoms. The molecular weight excluding hydrogens is 430 g/mol. The first-order valence-corrected chi connectivity index (χ1v) is 8.64. The highest BCUT2D eigenvalue weighted by Gasteiger charge is 2.42. The van der Waals surface area contributed by atoms with Crippen molar-refractivity contribution in [3.8, 4) is 0 Å². The van der Waals surface area contributed by atoms with E-state index in [0.717, 1.165) is 14.5 Å². The standard InChI is InChI=1S/C16H17Br2NO4/c1-5-22-15(21)23-13-12(14(20)19-16(13,3)4)11-8(2)6-9(17)7-10(11)18/h6-7H,5H2,1-4H3,(H,19,20). The Morgan fingerprint density at radius 2 is 1.96 bits per heavy atom. The lowest BCUT2D eigenvalue weighted by Crippen LogP contribution is -2.39. The predicted molar refractivity (Wildman–Crippen MR) is 93.8 cm³/mol. The SMILES string of the molecule is CCOC(=O)OC1=C(c2c(C)cc(Br)cc2Br)C(=O)NC1(C)C. The average molecular weight is 447 g/mol. The molecule has 1 aromatic rings. The zero-order valence-electron chi connectivity index (χ0n) is 13.3. The van der Waals surface area contributed by atoms with Crippen molar-refractivity contribution in [2.24, 2.45) is 0 Å². The highest BCUT2D eigenvalue weighted by atomic mass is 79.9. The van der Waals surface area contributed by atoms with Gasteiger partial charge < -0.3 is 14.8 Å². The van der Waals surface area contributed by atoms with Crippen LogP contribution in [0, 0.1) is 6.92 Å². The summed E-state index contributed by atoms with van der Waals surface area (Å²) in [5, 5.41) is 2.83. The van der Waals surface area contributed by atoms with Crippen LogP contribution < -0.4 is 5.32 Å². The van der Waals surface area contributed by atoms with Gasteiger partial charge in [0.15, 0.2) is 0 Å². The molecule has 0 unspecified atom stereocenters. The molecule has 0 radical (unpaired) electrons. The Morgan fingerprint density at radius 3 is 2.52 bits per heavy atom. The Kier molecular flexibility index (Phi) is 5.20. The van der Waals surface area contributed by atoms with Crippen LogP contribution in [-0.2, 0) is 14.3 Å². The van der Waals surface area contributed by atoms with Crippen LogP contribution in [0.1, 0.15) is 31.9 Å².